The summed E-state index contributed by atoms with van der Waals surface area (Å²) < 4.78 is 9.08. The fourth-order valence-electron chi connectivity index (χ4n) is 2.17. The SMILES string of the molecule is C.C.C[n+]1cccc(C(=O)OCn2ccc3ccccc32)c1. The van der Waals surface area contributed by atoms with E-state index in [4.69, 9.17) is 4.74 Å². The second-order valence-electron chi connectivity index (χ2n) is 4.66. The Labute approximate surface area is 131 Å². The van der Waals surface area contributed by atoms with Gasteiger partial charge in [0, 0.05) is 12.3 Å². The zero-order valence-electron chi connectivity index (χ0n) is 11.2. The highest BCUT2D eigenvalue weighted by Gasteiger charge is 2.11. The summed E-state index contributed by atoms with van der Waals surface area (Å²) in [5.74, 6) is -0.320. The average molecular weight is 299 g/mol. The highest BCUT2D eigenvalue weighted by atomic mass is 16.5. The van der Waals surface area contributed by atoms with Crippen molar-refractivity contribution in [3.05, 3.63) is 66.6 Å². The number of hydrogen-bond donors (Lipinski definition) is 0. The molecule has 0 saturated heterocycles. The van der Waals surface area contributed by atoms with Gasteiger partial charge in [-0.05, 0) is 23.6 Å². The molecule has 2 heterocycles. The fraction of sp³-hybridized carbons (Fsp3) is 0.222. The fourth-order valence-corrected chi connectivity index (χ4v) is 2.17. The number of fused-ring (bicyclic) bond motifs is 1. The van der Waals surface area contributed by atoms with E-state index in [1.54, 1.807) is 12.3 Å². The molecule has 116 valence electrons. The lowest BCUT2D eigenvalue weighted by atomic mass is 10.2. The molecule has 0 aliphatic carbocycles. The van der Waals surface area contributed by atoms with Crippen LogP contribution in [0.1, 0.15) is 25.2 Å². The molecule has 0 unspecified atom stereocenters. The summed E-state index contributed by atoms with van der Waals surface area (Å²) in [6, 6.07) is 13.6. The number of nitrogens with zero attached hydrogens (tertiary/aromatic N) is 2. The number of aryl methyl sites for hydroxylation is 1. The van der Waals surface area contributed by atoms with Crippen molar-refractivity contribution in [2.75, 3.05) is 0 Å². The Morgan fingerprint density at radius 3 is 2.68 bits per heavy atom. The Hall–Kier alpha value is -2.62. The van der Waals surface area contributed by atoms with Gasteiger partial charge in [0.15, 0.2) is 19.1 Å². The maximum absolute atomic E-state index is 12.0. The number of carbonyl (C=O) groups excluding carboxylic acids is 1. The number of benzene rings is 1. The first-order chi connectivity index (χ1) is 9.74. The lowest BCUT2D eigenvalue weighted by molar-refractivity contribution is -0.671. The van der Waals surface area contributed by atoms with Gasteiger partial charge in [0.25, 0.3) is 0 Å². The molecule has 4 nitrogen and oxygen atoms in total. The number of carbonyl (C=O) groups is 1. The van der Waals surface area contributed by atoms with Crippen molar-refractivity contribution in [1.29, 1.82) is 0 Å². The lowest BCUT2D eigenvalue weighted by Gasteiger charge is -2.06. The van der Waals surface area contributed by atoms with Crippen LogP contribution in [-0.2, 0) is 18.5 Å². The largest absolute Gasteiger partial charge is 0.440 e. The maximum Gasteiger partial charge on any atom is 0.345 e. The van der Waals surface area contributed by atoms with Crippen molar-refractivity contribution in [3.63, 3.8) is 0 Å². The molecule has 0 aliphatic heterocycles. The molecule has 1 aromatic carbocycles. The predicted molar refractivity (Wildman–Crippen MR) is 88.4 cm³/mol. The van der Waals surface area contributed by atoms with Crippen LogP contribution in [0.15, 0.2) is 61.1 Å². The number of pyridine rings is 1. The van der Waals surface area contributed by atoms with Gasteiger partial charge in [-0.15, -0.1) is 0 Å². The molecule has 0 bridgehead atoms. The van der Waals surface area contributed by atoms with Gasteiger partial charge in [0.2, 0.25) is 0 Å². The number of para-hydroxylation sites is 1. The van der Waals surface area contributed by atoms with Gasteiger partial charge in [0.1, 0.15) is 12.6 Å². The standard InChI is InChI=1S/C16H15N2O2.2CH4/c1-17-9-4-6-14(11-17)16(19)20-12-18-10-8-13-5-2-3-7-15(13)18;;/h2-11H,12H2,1H3;2*1H4/q+1;;. The zero-order valence-corrected chi connectivity index (χ0v) is 11.2. The van der Waals surface area contributed by atoms with Gasteiger partial charge in [-0.3, -0.25) is 0 Å². The molecule has 0 saturated carbocycles. The Balaban J connectivity index is 0.00000121. The molecule has 2 aromatic heterocycles. The Morgan fingerprint density at radius 1 is 1.14 bits per heavy atom. The van der Waals surface area contributed by atoms with Gasteiger partial charge < -0.3 is 9.30 Å². The third kappa shape index (κ3) is 3.52. The summed E-state index contributed by atoms with van der Waals surface area (Å²) in [4.78, 5) is 12.0. The molecular formula is C18H23N2O2+. The quantitative estimate of drug-likeness (QED) is 0.547. The summed E-state index contributed by atoms with van der Waals surface area (Å²) in [6.07, 6.45) is 5.54. The molecule has 0 radical (unpaired) electrons. The molecule has 0 N–H and O–H groups in total. The second-order valence-corrected chi connectivity index (χ2v) is 4.66. The number of aromatic nitrogens is 2. The van der Waals surface area contributed by atoms with E-state index in [-0.39, 0.29) is 27.6 Å². The van der Waals surface area contributed by atoms with Crippen molar-refractivity contribution >= 4 is 16.9 Å². The van der Waals surface area contributed by atoms with E-state index in [1.807, 2.05) is 65.0 Å². The highest BCUT2D eigenvalue weighted by Crippen LogP contribution is 2.15. The van der Waals surface area contributed by atoms with Crippen LogP contribution in [0.2, 0.25) is 0 Å². The third-order valence-corrected chi connectivity index (χ3v) is 3.19. The summed E-state index contributed by atoms with van der Waals surface area (Å²) in [5.41, 5.74) is 1.60. The molecule has 3 aromatic rings. The highest BCUT2D eigenvalue weighted by molar-refractivity contribution is 5.88. The van der Waals surface area contributed by atoms with Crippen LogP contribution in [0.3, 0.4) is 0 Å². The van der Waals surface area contributed by atoms with Gasteiger partial charge in [-0.25, -0.2) is 9.36 Å². The Bertz CT molecular complexity index is 762. The maximum atomic E-state index is 12.0. The van der Waals surface area contributed by atoms with E-state index in [1.165, 1.54) is 0 Å². The van der Waals surface area contributed by atoms with Gasteiger partial charge in [-0.2, -0.15) is 0 Å². The second kappa shape index (κ2) is 7.41. The van der Waals surface area contributed by atoms with Gasteiger partial charge in [-0.1, -0.05) is 33.1 Å². The Kier molecular flexibility index (Phi) is 5.87. The molecule has 0 amide bonds. The first kappa shape index (κ1) is 17.4. The summed E-state index contributed by atoms with van der Waals surface area (Å²) in [5, 5.41) is 1.13. The molecule has 4 heteroatoms. The summed E-state index contributed by atoms with van der Waals surface area (Å²) in [7, 11) is 1.87. The van der Waals surface area contributed by atoms with Crippen LogP contribution < -0.4 is 4.57 Å². The van der Waals surface area contributed by atoms with Crippen LogP contribution >= 0.6 is 0 Å². The van der Waals surface area contributed by atoms with Gasteiger partial charge in [0.05, 0.1) is 5.52 Å². The molecule has 0 fully saturated rings. The van der Waals surface area contributed by atoms with Crippen LogP contribution in [0.4, 0.5) is 0 Å². The van der Waals surface area contributed by atoms with E-state index in [2.05, 4.69) is 0 Å². The lowest BCUT2D eigenvalue weighted by Crippen LogP contribution is -2.28. The van der Waals surface area contributed by atoms with Crippen LogP contribution in [0.5, 0.6) is 0 Å². The van der Waals surface area contributed by atoms with E-state index in [0.29, 0.717) is 5.56 Å². The predicted octanol–water partition coefficient (Wildman–Crippen LogP) is 3.55. The Morgan fingerprint density at radius 2 is 1.91 bits per heavy atom. The van der Waals surface area contributed by atoms with E-state index < -0.39 is 0 Å². The topological polar surface area (TPSA) is 35.1 Å². The number of ether oxygens (including phenoxy) is 1. The van der Waals surface area contributed by atoms with E-state index >= 15 is 0 Å². The van der Waals surface area contributed by atoms with Crippen molar-refractivity contribution in [1.82, 2.24) is 4.57 Å². The van der Waals surface area contributed by atoms with Crippen molar-refractivity contribution in [2.45, 2.75) is 21.6 Å². The minimum Gasteiger partial charge on any atom is -0.440 e. The molecule has 0 atom stereocenters. The number of hydrogen-bond acceptors (Lipinski definition) is 2. The van der Waals surface area contributed by atoms with Crippen LogP contribution in [-0.4, -0.2) is 10.5 Å². The molecular weight excluding hydrogens is 276 g/mol. The van der Waals surface area contributed by atoms with Gasteiger partial charge >= 0.3 is 5.97 Å². The average Bonchev–Trinajstić information content (AvgIpc) is 2.88. The van der Waals surface area contributed by atoms with Crippen LogP contribution in [0.25, 0.3) is 10.9 Å². The monoisotopic (exact) mass is 299 g/mol. The molecule has 0 spiro atoms. The van der Waals surface area contributed by atoms with Crippen molar-refractivity contribution < 1.29 is 14.1 Å². The van der Waals surface area contributed by atoms with Crippen molar-refractivity contribution in [2.24, 2.45) is 7.05 Å². The third-order valence-electron chi connectivity index (χ3n) is 3.19. The first-order valence-corrected chi connectivity index (χ1v) is 6.40. The first-order valence-electron chi connectivity index (χ1n) is 6.40. The molecule has 22 heavy (non-hydrogen) atoms. The number of rotatable bonds is 3. The van der Waals surface area contributed by atoms with E-state index in [0.717, 1.165) is 10.9 Å². The minimum atomic E-state index is -0.320. The molecule has 0 aliphatic rings. The number of esters is 1. The smallest absolute Gasteiger partial charge is 0.345 e. The molecule has 3 rings (SSSR count). The normalized spacial score (nSPS) is 9.68. The summed E-state index contributed by atoms with van der Waals surface area (Å²) >= 11 is 0. The van der Waals surface area contributed by atoms with Crippen LogP contribution in [0, 0.1) is 0 Å². The minimum absolute atomic E-state index is 0. The zero-order chi connectivity index (χ0) is 13.9. The van der Waals surface area contributed by atoms with E-state index in [9.17, 15) is 4.79 Å². The van der Waals surface area contributed by atoms with Crippen molar-refractivity contribution in [3.8, 4) is 0 Å². The summed E-state index contributed by atoms with van der Waals surface area (Å²) in [6.45, 7) is 0.213.